The average Bonchev–Trinajstić information content (AvgIpc) is 2.38. The summed E-state index contributed by atoms with van der Waals surface area (Å²) >= 11 is 3.49. The lowest BCUT2D eigenvalue weighted by molar-refractivity contribution is -0.128. The largest absolute Gasteiger partial charge is 0.493 e. The molecule has 1 heterocycles. The van der Waals surface area contributed by atoms with E-state index >= 15 is 0 Å². The number of carbonyl (C=O) groups excluding carboxylic acids is 1. The summed E-state index contributed by atoms with van der Waals surface area (Å²) < 4.78 is 17.0. The molecule has 0 saturated carbocycles. The highest BCUT2D eigenvalue weighted by Gasteiger charge is 2.25. The molecule has 0 N–H and O–H groups in total. The molecule has 18 heavy (non-hydrogen) atoms. The molecule has 5 heteroatoms. The van der Waals surface area contributed by atoms with Crippen molar-refractivity contribution in [1.29, 1.82) is 0 Å². The number of carbonyl (C=O) groups is 1. The van der Waals surface area contributed by atoms with Crippen molar-refractivity contribution in [3.8, 4) is 11.5 Å². The van der Waals surface area contributed by atoms with Gasteiger partial charge in [-0.2, -0.15) is 0 Å². The van der Waals surface area contributed by atoms with E-state index in [2.05, 4.69) is 15.9 Å². The van der Waals surface area contributed by atoms with Gasteiger partial charge in [0.15, 0.2) is 11.5 Å². The van der Waals surface area contributed by atoms with Crippen LogP contribution in [0.4, 0.5) is 0 Å². The van der Waals surface area contributed by atoms with Gasteiger partial charge in [0.05, 0.1) is 31.4 Å². The van der Waals surface area contributed by atoms with Gasteiger partial charge in [-0.15, -0.1) is 0 Å². The maximum absolute atomic E-state index is 11.5. The van der Waals surface area contributed by atoms with Gasteiger partial charge in [0, 0.05) is 12.8 Å². The number of hydrogen-bond donors (Lipinski definition) is 0. The van der Waals surface area contributed by atoms with E-state index in [0.29, 0.717) is 30.9 Å². The van der Waals surface area contributed by atoms with Gasteiger partial charge in [-0.1, -0.05) is 6.07 Å². The van der Waals surface area contributed by atoms with Crippen LogP contribution in [-0.4, -0.2) is 26.6 Å². The average molecular weight is 315 g/mol. The number of ether oxygens (including phenoxy) is 3. The Balaban J connectivity index is 2.36. The predicted octanol–water partition coefficient (Wildman–Crippen LogP) is 2.89. The van der Waals surface area contributed by atoms with Crippen LogP contribution >= 0.6 is 15.9 Å². The topological polar surface area (TPSA) is 44.8 Å². The molecule has 2 rings (SSSR count). The van der Waals surface area contributed by atoms with E-state index < -0.39 is 0 Å². The van der Waals surface area contributed by atoms with Crippen molar-refractivity contribution in [2.24, 2.45) is 0 Å². The van der Waals surface area contributed by atoms with Crippen LogP contribution in [-0.2, 0) is 9.53 Å². The molecule has 0 bridgehead atoms. The van der Waals surface area contributed by atoms with Crippen LogP contribution in [0.15, 0.2) is 16.6 Å². The van der Waals surface area contributed by atoms with Crippen LogP contribution in [0.1, 0.15) is 24.5 Å². The van der Waals surface area contributed by atoms with Crippen molar-refractivity contribution in [3.63, 3.8) is 0 Å². The SMILES string of the molecule is COc1ccc(C2CC(=O)CCO2)c(Br)c1OC. The Bertz CT molecular complexity index is 459. The number of Topliss-reactive ketones (excluding diaryl/α,β-unsaturated/α-hetero) is 1. The minimum Gasteiger partial charge on any atom is -0.493 e. The third-order valence-electron chi connectivity index (χ3n) is 2.97. The lowest BCUT2D eigenvalue weighted by Crippen LogP contribution is -2.19. The molecule has 1 fully saturated rings. The first-order chi connectivity index (χ1) is 8.67. The fourth-order valence-electron chi connectivity index (χ4n) is 2.04. The van der Waals surface area contributed by atoms with Gasteiger partial charge in [0.1, 0.15) is 5.78 Å². The molecular weight excluding hydrogens is 300 g/mol. The van der Waals surface area contributed by atoms with E-state index in [-0.39, 0.29) is 11.9 Å². The highest BCUT2D eigenvalue weighted by atomic mass is 79.9. The Hall–Kier alpha value is -1.07. The summed E-state index contributed by atoms with van der Waals surface area (Å²) in [6.45, 7) is 0.476. The second kappa shape index (κ2) is 5.71. The Morgan fingerprint density at radius 2 is 2.11 bits per heavy atom. The molecule has 1 aromatic rings. The first kappa shape index (κ1) is 13.4. The van der Waals surface area contributed by atoms with Crippen molar-refractivity contribution < 1.29 is 19.0 Å². The summed E-state index contributed by atoms with van der Waals surface area (Å²) in [4.78, 5) is 11.5. The van der Waals surface area contributed by atoms with Gasteiger partial charge in [0.25, 0.3) is 0 Å². The van der Waals surface area contributed by atoms with E-state index in [9.17, 15) is 4.79 Å². The second-order valence-electron chi connectivity index (χ2n) is 4.06. The van der Waals surface area contributed by atoms with Gasteiger partial charge in [-0.25, -0.2) is 0 Å². The summed E-state index contributed by atoms with van der Waals surface area (Å²) in [5.74, 6) is 1.50. The lowest BCUT2D eigenvalue weighted by Gasteiger charge is -2.24. The summed E-state index contributed by atoms with van der Waals surface area (Å²) in [7, 11) is 3.17. The predicted molar refractivity (Wildman–Crippen MR) is 70.2 cm³/mol. The van der Waals surface area contributed by atoms with Crippen LogP contribution in [0.2, 0.25) is 0 Å². The summed E-state index contributed by atoms with van der Waals surface area (Å²) in [5, 5.41) is 0. The van der Waals surface area contributed by atoms with E-state index in [4.69, 9.17) is 14.2 Å². The monoisotopic (exact) mass is 314 g/mol. The Kier molecular flexibility index (Phi) is 4.24. The van der Waals surface area contributed by atoms with Gasteiger partial charge in [-0.3, -0.25) is 4.79 Å². The number of halogens is 1. The number of benzene rings is 1. The van der Waals surface area contributed by atoms with E-state index in [1.54, 1.807) is 14.2 Å². The molecule has 1 aliphatic heterocycles. The maximum atomic E-state index is 11.5. The highest BCUT2D eigenvalue weighted by molar-refractivity contribution is 9.10. The zero-order valence-corrected chi connectivity index (χ0v) is 12.0. The van der Waals surface area contributed by atoms with Crippen LogP contribution in [0.25, 0.3) is 0 Å². The Labute approximate surface area is 114 Å². The second-order valence-corrected chi connectivity index (χ2v) is 4.85. The Morgan fingerprint density at radius 3 is 2.72 bits per heavy atom. The van der Waals surface area contributed by atoms with Crippen molar-refractivity contribution in [2.75, 3.05) is 20.8 Å². The van der Waals surface area contributed by atoms with E-state index in [1.807, 2.05) is 12.1 Å². The molecule has 0 amide bonds. The standard InChI is InChI=1S/C13H15BrO4/c1-16-10-4-3-9(12(14)13(10)17-2)11-7-8(15)5-6-18-11/h3-4,11H,5-7H2,1-2H3. The molecule has 0 aliphatic carbocycles. The number of hydrogen-bond acceptors (Lipinski definition) is 4. The molecule has 98 valence electrons. The van der Waals surface area contributed by atoms with Gasteiger partial charge >= 0.3 is 0 Å². The quantitative estimate of drug-likeness (QED) is 0.860. The third kappa shape index (κ3) is 2.52. The number of ketones is 1. The van der Waals surface area contributed by atoms with Crippen LogP contribution in [0.3, 0.4) is 0 Å². The van der Waals surface area contributed by atoms with Crippen LogP contribution in [0, 0.1) is 0 Å². The molecule has 1 aliphatic rings. The van der Waals surface area contributed by atoms with Crippen molar-refractivity contribution in [3.05, 3.63) is 22.2 Å². The number of methoxy groups -OCH3 is 2. The van der Waals surface area contributed by atoms with Gasteiger partial charge in [0.2, 0.25) is 0 Å². The van der Waals surface area contributed by atoms with Gasteiger partial charge in [-0.05, 0) is 27.6 Å². The summed E-state index contributed by atoms with van der Waals surface area (Å²) in [6.07, 6.45) is 0.704. The normalized spacial score (nSPS) is 19.7. The van der Waals surface area contributed by atoms with Crippen molar-refractivity contribution >= 4 is 21.7 Å². The van der Waals surface area contributed by atoms with E-state index in [1.165, 1.54) is 0 Å². The van der Waals surface area contributed by atoms with Crippen molar-refractivity contribution in [1.82, 2.24) is 0 Å². The third-order valence-corrected chi connectivity index (χ3v) is 3.79. The fraction of sp³-hybridized carbons (Fsp3) is 0.462. The lowest BCUT2D eigenvalue weighted by atomic mass is 10.00. The van der Waals surface area contributed by atoms with E-state index in [0.717, 1.165) is 10.0 Å². The fourth-order valence-corrected chi connectivity index (χ4v) is 2.78. The summed E-state index contributed by atoms with van der Waals surface area (Å²) in [5.41, 5.74) is 0.917. The maximum Gasteiger partial charge on any atom is 0.175 e. The minimum absolute atomic E-state index is 0.208. The molecule has 0 aromatic heterocycles. The molecule has 0 spiro atoms. The minimum atomic E-state index is -0.208. The first-order valence-electron chi connectivity index (χ1n) is 5.71. The molecule has 1 unspecified atom stereocenters. The zero-order valence-electron chi connectivity index (χ0n) is 10.4. The van der Waals surface area contributed by atoms with Crippen LogP contribution < -0.4 is 9.47 Å². The Morgan fingerprint density at radius 1 is 1.33 bits per heavy atom. The summed E-state index contributed by atoms with van der Waals surface area (Å²) in [6, 6.07) is 3.72. The molecule has 4 nitrogen and oxygen atoms in total. The molecular formula is C13H15BrO4. The molecule has 1 saturated heterocycles. The number of rotatable bonds is 3. The molecule has 1 atom stereocenters. The van der Waals surface area contributed by atoms with Gasteiger partial charge < -0.3 is 14.2 Å². The highest BCUT2D eigenvalue weighted by Crippen LogP contribution is 2.42. The zero-order chi connectivity index (χ0) is 13.1. The molecule has 0 radical (unpaired) electrons. The molecule has 1 aromatic carbocycles. The first-order valence-corrected chi connectivity index (χ1v) is 6.50. The van der Waals surface area contributed by atoms with Crippen molar-refractivity contribution in [2.45, 2.75) is 18.9 Å². The van der Waals surface area contributed by atoms with Crippen LogP contribution in [0.5, 0.6) is 11.5 Å². The smallest absolute Gasteiger partial charge is 0.175 e.